The highest BCUT2D eigenvalue weighted by atomic mass is 16.3. The Balaban J connectivity index is 1.23. The van der Waals surface area contributed by atoms with Gasteiger partial charge in [0.2, 0.25) is 5.91 Å². The van der Waals surface area contributed by atoms with Crippen molar-refractivity contribution in [3.05, 3.63) is 58.2 Å². The zero-order valence-corrected chi connectivity index (χ0v) is 16.5. The van der Waals surface area contributed by atoms with E-state index in [1.54, 1.807) is 29.4 Å². The van der Waals surface area contributed by atoms with Crippen LogP contribution in [0.25, 0.3) is 11.5 Å². The van der Waals surface area contributed by atoms with Gasteiger partial charge in [-0.15, -0.1) is 5.10 Å². The Labute approximate surface area is 172 Å². The van der Waals surface area contributed by atoms with E-state index in [9.17, 15) is 9.59 Å². The van der Waals surface area contributed by atoms with Gasteiger partial charge in [-0.2, -0.15) is 10.2 Å². The second-order valence-electron chi connectivity index (χ2n) is 7.59. The molecule has 3 aromatic heterocycles. The summed E-state index contributed by atoms with van der Waals surface area (Å²) in [5.74, 6) is 1.31. The minimum Gasteiger partial charge on any atom is -0.463 e. The molecule has 1 aliphatic heterocycles. The van der Waals surface area contributed by atoms with Gasteiger partial charge in [0.25, 0.3) is 5.56 Å². The molecule has 9 nitrogen and oxygen atoms in total. The molecule has 1 saturated heterocycles. The number of aryl methyl sites for hydroxylation is 2. The number of fused-ring (bicyclic) bond motifs is 1. The third-order valence-electron chi connectivity index (χ3n) is 5.69. The van der Waals surface area contributed by atoms with Crippen molar-refractivity contribution in [3.8, 4) is 11.5 Å². The van der Waals surface area contributed by atoms with Crippen molar-refractivity contribution in [1.82, 2.24) is 24.9 Å². The average Bonchev–Trinajstić information content (AvgIpc) is 3.47. The maximum absolute atomic E-state index is 12.8. The lowest BCUT2D eigenvalue weighted by Crippen LogP contribution is -2.50. The summed E-state index contributed by atoms with van der Waals surface area (Å²) in [6.45, 7) is 2.43. The number of hydrogen-bond donors (Lipinski definition) is 0. The molecular formula is C21H22N6O3. The molecule has 1 amide bonds. The normalized spacial score (nSPS) is 16.0. The van der Waals surface area contributed by atoms with E-state index in [1.165, 1.54) is 16.3 Å². The minimum atomic E-state index is -0.314. The molecule has 0 radical (unpaired) electrons. The maximum Gasteiger partial charge on any atom is 0.267 e. The van der Waals surface area contributed by atoms with Gasteiger partial charge in [-0.05, 0) is 49.1 Å². The van der Waals surface area contributed by atoms with E-state index in [0.29, 0.717) is 37.6 Å². The van der Waals surface area contributed by atoms with Crippen molar-refractivity contribution in [2.45, 2.75) is 25.8 Å². The molecular weight excluding hydrogens is 384 g/mol. The fraction of sp³-hybridized carbons (Fsp3) is 0.381. The van der Waals surface area contributed by atoms with Gasteiger partial charge in [0.15, 0.2) is 11.6 Å². The predicted molar refractivity (Wildman–Crippen MR) is 109 cm³/mol. The number of aromatic nitrogens is 4. The molecule has 30 heavy (non-hydrogen) atoms. The van der Waals surface area contributed by atoms with Crippen LogP contribution in [-0.2, 0) is 24.2 Å². The highest BCUT2D eigenvalue weighted by Crippen LogP contribution is 2.23. The van der Waals surface area contributed by atoms with Gasteiger partial charge in [0.05, 0.1) is 12.0 Å². The van der Waals surface area contributed by atoms with Crippen molar-refractivity contribution in [1.29, 1.82) is 0 Å². The van der Waals surface area contributed by atoms with Crippen molar-refractivity contribution in [2.24, 2.45) is 0 Å². The Bertz CT molecular complexity index is 1120. The molecule has 0 aromatic carbocycles. The third kappa shape index (κ3) is 3.58. The molecule has 4 heterocycles. The average molecular weight is 406 g/mol. The molecule has 0 N–H and O–H groups in total. The number of nitrogens with zero attached hydrogens (tertiary/aromatic N) is 6. The zero-order valence-electron chi connectivity index (χ0n) is 16.5. The lowest BCUT2D eigenvalue weighted by atomic mass is 10.2. The fourth-order valence-corrected chi connectivity index (χ4v) is 4.00. The van der Waals surface area contributed by atoms with E-state index in [4.69, 9.17) is 4.42 Å². The molecule has 0 unspecified atom stereocenters. The summed E-state index contributed by atoms with van der Waals surface area (Å²) in [7, 11) is 0. The largest absolute Gasteiger partial charge is 0.463 e. The quantitative estimate of drug-likeness (QED) is 0.641. The van der Waals surface area contributed by atoms with Crippen LogP contribution in [0.3, 0.4) is 0 Å². The van der Waals surface area contributed by atoms with Gasteiger partial charge in [-0.25, -0.2) is 4.68 Å². The van der Waals surface area contributed by atoms with Crippen molar-refractivity contribution in [2.75, 3.05) is 31.1 Å². The molecule has 0 saturated carbocycles. The van der Waals surface area contributed by atoms with Crippen LogP contribution in [0, 0.1) is 0 Å². The van der Waals surface area contributed by atoms with E-state index >= 15 is 0 Å². The Kier molecular flexibility index (Phi) is 4.78. The van der Waals surface area contributed by atoms with Crippen LogP contribution in [0.1, 0.15) is 17.7 Å². The molecule has 2 aliphatic rings. The summed E-state index contributed by atoms with van der Waals surface area (Å²) in [4.78, 5) is 28.9. The van der Waals surface area contributed by atoms with Crippen LogP contribution in [-0.4, -0.2) is 57.0 Å². The second-order valence-corrected chi connectivity index (χ2v) is 7.59. The molecule has 3 aromatic rings. The first-order valence-corrected chi connectivity index (χ1v) is 10.2. The van der Waals surface area contributed by atoms with Crippen LogP contribution in [0.4, 0.5) is 5.82 Å². The summed E-state index contributed by atoms with van der Waals surface area (Å²) in [6, 6.07) is 8.65. The molecule has 0 atom stereocenters. The molecule has 1 aliphatic carbocycles. The topological polar surface area (TPSA) is 97.4 Å². The summed E-state index contributed by atoms with van der Waals surface area (Å²) in [5.41, 5.74) is 2.61. The van der Waals surface area contributed by atoms with Crippen LogP contribution >= 0.6 is 0 Å². The first kappa shape index (κ1) is 18.5. The second kappa shape index (κ2) is 7.74. The van der Waals surface area contributed by atoms with Gasteiger partial charge in [-0.1, -0.05) is 0 Å². The van der Waals surface area contributed by atoms with Gasteiger partial charge >= 0.3 is 0 Å². The smallest absolute Gasteiger partial charge is 0.267 e. The number of amides is 1. The Morgan fingerprint density at radius 2 is 1.93 bits per heavy atom. The van der Waals surface area contributed by atoms with Crippen molar-refractivity contribution in [3.63, 3.8) is 0 Å². The molecule has 0 bridgehead atoms. The molecule has 154 valence electrons. The standard InChI is InChI=1S/C21H22N6O3/c28-20-7-6-17(18-5-2-12-30-18)24-27(20)14-21(29)26-10-8-25(9-11-26)19-13-15-3-1-4-16(15)22-23-19/h2,5-7,12-13H,1,3-4,8-11,14H2. The predicted octanol–water partition coefficient (Wildman–Crippen LogP) is 1.13. The number of carbonyl (C=O) groups is 1. The van der Waals surface area contributed by atoms with E-state index in [-0.39, 0.29) is 18.0 Å². The zero-order chi connectivity index (χ0) is 20.5. The Morgan fingerprint density at radius 1 is 1.07 bits per heavy atom. The van der Waals surface area contributed by atoms with E-state index < -0.39 is 0 Å². The van der Waals surface area contributed by atoms with Gasteiger partial charge in [0, 0.05) is 32.2 Å². The molecule has 9 heteroatoms. The SMILES string of the molecule is O=C(Cn1nc(-c2ccco2)ccc1=O)N1CCN(c2cc3c(nn2)CCC3)CC1. The first-order valence-electron chi connectivity index (χ1n) is 10.2. The van der Waals surface area contributed by atoms with Crippen LogP contribution in [0.2, 0.25) is 0 Å². The Morgan fingerprint density at radius 3 is 2.73 bits per heavy atom. The van der Waals surface area contributed by atoms with Gasteiger partial charge in [0.1, 0.15) is 12.2 Å². The lowest BCUT2D eigenvalue weighted by Gasteiger charge is -2.35. The van der Waals surface area contributed by atoms with Crippen LogP contribution in [0.5, 0.6) is 0 Å². The fourth-order valence-electron chi connectivity index (χ4n) is 4.00. The summed E-state index contributed by atoms with van der Waals surface area (Å²) < 4.78 is 6.52. The number of furan rings is 1. The van der Waals surface area contributed by atoms with Gasteiger partial charge in [-0.3, -0.25) is 9.59 Å². The van der Waals surface area contributed by atoms with Crippen molar-refractivity contribution < 1.29 is 9.21 Å². The lowest BCUT2D eigenvalue weighted by molar-refractivity contribution is -0.132. The van der Waals surface area contributed by atoms with E-state index in [0.717, 1.165) is 30.8 Å². The summed E-state index contributed by atoms with van der Waals surface area (Å²) in [5, 5.41) is 13.0. The monoisotopic (exact) mass is 406 g/mol. The third-order valence-corrected chi connectivity index (χ3v) is 5.69. The molecule has 5 rings (SSSR count). The summed E-state index contributed by atoms with van der Waals surface area (Å²) >= 11 is 0. The van der Waals surface area contributed by atoms with E-state index in [1.807, 2.05) is 0 Å². The van der Waals surface area contributed by atoms with E-state index in [2.05, 4.69) is 26.3 Å². The number of hydrogen-bond acceptors (Lipinski definition) is 7. The number of carbonyl (C=O) groups excluding carboxylic acids is 1. The summed E-state index contributed by atoms with van der Waals surface area (Å²) in [6.07, 6.45) is 4.77. The molecule has 1 fully saturated rings. The van der Waals surface area contributed by atoms with Crippen LogP contribution < -0.4 is 10.5 Å². The number of rotatable bonds is 4. The number of anilines is 1. The molecule has 0 spiro atoms. The first-order chi connectivity index (χ1) is 14.7. The number of piperazine rings is 1. The van der Waals surface area contributed by atoms with Crippen LogP contribution in [0.15, 0.2) is 45.8 Å². The highest BCUT2D eigenvalue weighted by molar-refractivity contribution is 5.76. The Hall–Kier alpha value is -3.49. The van der Waals surface area contributed by atoms with Gasteiger partial charge < -0.3 is 14.2 Å². The maximum atomic E-state index is 12.8. The minimum absolute atomic E-state index is 0.0912. The highest BCUT2D eigenvalue weighted by Gasteiger charge is 2.24. The van der Waals surface area contributed by atoms with Crippen molar-refractivity contribution >= 4 is 11.7 Å².